The topological polar surface area (TPSA) is 66.9 Å². The average Bonchev–Trinajstić information content (AvgIpc) is 2.92. The number of benzene rings is 3. The molecule has 1 aromatic heterocycles. The number of carbonyl (C=O) groups excluding carboxylic acids is 1. The first-order valence-corrected chi connectivity index (χ1v) is 11.8. The molecule has 0 atom stereocenters. The molecule has 2 heterocycles. The van der Waals surface area contributed by atoms with Crippen LogP contribution in [0.1, 0.15) is 32.6 Å². The van der Waals surface area contributed by atoms with Gasteiger partial charge in [-0.3, -0.25) is 9.78 Å². The SMILES string of the molecule is Cc1cc(C=O)c(OCc2ccncc2)cc1OCc1cccc(-c2ccc3c(c2)OCCO3)c1C. The Labute approximate surface area is 210 Å². The number of ether oxygens (including phenoxy) is 4. The number of fused-ring (bicyclic) bond motifs is 1. The standard InChI is InChI=1S/C30H27NO5/c1-20-14-25(17-32)29(35-18-22-8-10-31-11-9-22)16-28(20)36-19-24-4-3-5-26(21(24)2)23-6-7-27-30(15-23)34-13-12-33-27/h3-11,14-17H,12-13,18-19H2,1-2H3. The molecule has 1 aliphatic rings. The third-order valence-electron chi connectivity index (χ3n) is 6.26. The molecule has 0 radical (unpaired) electrons. The van der Waals surface area contributed by atoms with E-state index in [0.29, 0.717) is 43.5 Å². The van der Waals surface area contributed by atoms with Gasteiger partial charge in [-0.1, -0.05) is 24.3 Å². The van der Waals surface area contributed by atoms with Crippen LogP contribution in [0, 0.1) is 13.8 Å². The van der Waals surface area contributed by atoms with Gasteiger partial charge in [0.1, 0.15) is 37.9 Å². The number of pyridine rings is 1. The molecule has 0 spiro atoms. The quantitative estimate of drug-likeness (QED) is 0.283. The number of rotatable bonds is 8. The fourth-order valence-corrected chi connectivity index (χ4v) is 4.22. The summed E-state index contributed by atoms with van der Waals surface area (Å²) in [6.07, 6.45) is 4.23. The lowest BCUT2D eigenvalue weighted by Crippen LogP contribution is -2.15. The Morgan fingerprint density at radius 1 is 0.861 bits per heavy atom. The maximum absolute atomic E-state index is 11.6. The minimum Gasteiger partial charge on any atom is -0.488 e. The van der Waals surface area contributed by atoms with E-state index >= 15 is 0 Å². The van der Waals surface area contributed by atoms with Crippen LogP contribution in [0.2, 0.25) is 0 Å². The number of carbonyl (C=O) groups is 1. The fourth-order valence-electron chi connectivity index (χ4n) is 4.22. The van der Waals surface area contributed by atoms with Crippen LogP contribution in [0.25, 0.3) is 11.1 Å². The normalized spacial score (nSPS) is 12.2. The van der Waals surface area contributed by atoms with Crippen molar-refractivity contribution in [2.75, 3.05) is 13.2 Å². The number of aryl methyl sites for hydroxylation is 1. The van der Waals surface area contributed by atoms with Gasteiger partial charge in [-0.25, -0.2) is 0 Å². The second-order valence-electron chi connectivity index (χ2n) is 8.65. The van der Waals surface area contributed by atoms with Gasteiger partial charge in [-0.2, -0.15) is 0 Å². The molecule has 0 fully saturated rings. The maximum atomic E-state index is 11.6. The smallest absolute Gasteiger partial charge is 0.161 e. The Kier molecular flexibility index (Phi) is 6.85. The summed E-state index contributed by atoms with van der Waals surface area (Å²) >= 11 is 0. The van der Waals surface area contributed by atoms with Crippen LogP contribution >= 0.6 is 0 Å². The van der Waals surface area contributed by atoms with Gasteiger partial charge in [0.15, 0.2) is 17.8 Å². The van der Waals surface area contributed by atoms with Crippen molar-refractivity contribution in [3.63, 3.8) is 0 Å². The molecule has 1 aliphatic heterocycles. The van der Waals surface area contributed by atoms with Gasteiger partial charge in [-0.15, -0.1) is 0 Å². The minimum atomic E-state index is 0.336. The number of nitrogens with zero attached hydrogens (tertiary/aromatic N) is 1. The fraction of sp³-hybridized carbons (Fsp3) is 0.200. The Bertz CT molecular complexity index is 1380. The lowest BCUT2D eigenvalue weighted by molar-refractivity contribution is 0.111. The van der Waals surface area contributed by atoms with Crippen LogP contribution in [0.4, 0.5) is 0 Å². The van der Waals surface area contributed by atoms with Crippen molar-refractivity contribution >= 4 is 6.29 Å². The van der Waals surface area contributed by atoms with Crippen molar-refractivity contribution in [3.05, 3.63) is 101 Å². The van der Waals surface area contributed by atoms with Gasteiger partial charge in [-0.05, 0) is 77.6 Å². The van der Waals surface area contributed by atoms with E-state index in [9.17, 15) is 4.79 Å². The van der Waals surface area contributed by atoms with Crippen molar-refractivity contribution in [2.45, 2.75) is 27.1 Å². The van der Waals surface area contributed by atoms with E-state index in [0.717, 1.165) is 51.2 Å². The van der Waals surface area contributed by atoms with Gasteiger partial charge < -0.3 is 18.9 Å². The molecule has 0 saturated heterocycles. The average molecular weight is 482 g/mol. The zero-order chi connectivity index (χ0) is 24.9. The lowest BCUT2D eigenvalue weighted by Gasteiger charge is -2.20. The predicted octanol–water partition coefficient (Wildman–Crippen LogP) is 6.11. The molecule has 0 saturated carbocycles. The first kappa shape index (κ1) is 23.4. The highest BCUT2D eigenvalue weighted by Gasteiger charge is 2.15. The highest BCUT2D eigenvalue weighted by molar-refractivity contribution is 5.80. The Hall–Kier alpha value is -4.32. The number of hydrogen-bond acceptors (Lipinski definition) is 6. The molecule has 36 heavy (non-hydrogen) atoms. The van der Waals surface area contributed by atoms with Crippen molar-refractivity contribution in [1.82, 2.24) is 4.98 Å². The lowest BCUT2D eigenvalue weighted by atomic mass is 9.96. The second-order valence-corrected chi connectivity index (χ2v) is 8.65. The van der Waals surface area contributed by atoms with Crippen LogP contribution in [0.15, 0.2) is 73.1 Å². The number of aldehydes is 1. The minimum absolute atomic E-state index is 0.336. The predicted molar refractivity (Wildman–Crippen MR) is 137 cm³/mol. The third-order valence-corrected chi connectivity index (χ3v) is 6.26. The molecule has 0 unspecified atom stereocenters. The van der Waals surface area contributed by atoms with Crippen LogP contribution in [0.3, 0.4) is 0 Å². The van der Waals surface area contributed by atoms with E-state index in [1.165, 1.54) is 0 Å². The molecule has 0 amide bonds. The van der Waals surface area contributed by atoms with E-state index in [2.05, 4.69) is 30.1 Å². The van der Waals surface area contributed by atoms with E-state index < -0.39 is 0 Å². The summed E-state index contributed by atoms with van der Waals surface area (Å²) in [5.41, 5.74) is 6.71. The summed E-state index contributed by atoms with van der Waals surface area (Å²) < 4.78 is 23.6. The Morgan fingerprint density at radius 2 is 1.64 bits per heavy atom. The van der Waals surface area contributed by atoms with Gasteiger partial charge in [0, 0.05) is 18.5 Å². The van der Waals surface area contributed by atoms with E-state index in [-0.39, 0.29) is 0 Å². The number of hydrogen-bond donors (Lipinski definition) is 0. The molecule has 4 aromatic rings. The van der Waals surface area contributed by atoms with Crippen molar-refractivity contribution < 1.29 is 23.7 Å². The van der Waals surface area contributed by atoms with Gasteiger partial charge in [0.25, 0.3) is 0 Å². The summed E-state index contributed by atoms with van der Waals surface area (Å²) in [6, 6.07) is 19.6. The summed E-state index contributed by atoms with van der Waals surface area (Å²) in [4.78, 5) is 15.7. The Morgan fingerprint density at radius 3 is 2.44 bits per heavy atom. The van der Waals surface area contributed by atoms with Crippen LogP contribution in [0.5, 0.6) is 23.0 Å². The van der Waals surface area contributed by atoms with Crippen molar-refractivity contribution in [3.8, 4) is 34.1 Å². The molecule has 6 heteroatoms. The van der Waals surface area contributed by atoms with Crippen LogP contribution < -0.4 is 18.9 Å². The summed E-state index contributed by atoms with van der Waals surface area (Å²) in [5.74, 6) is 2.71. The van der Waals surface area contributed by atoms with E-state index in [4.69, 9.17) is 18.9 Å². The van der Waals surface area contributed by atoms with Gasteiger partial charge >= 0.3 is 0 Å². The summed E-state index contributed by atoms with van der Waals surface area (Å²) in [7, 11) is 0. The molecule has 0 bridgehead atoms. The van der Waals surface area contributed by atoms with Gasteiger partial charge in [0.05, 0.1) is 5.56 Å². The van der Waals surface area contributed by atoms with Gasteiger partial charge in [0.2, 0.25) is 0 Å². The maximum Gasteiger partial charge on any atom is 0.161 e. The molecule has 5 rings (SSSR count). The first-order chi connectivity index (χ1) is 17.6. The van der Waals surface area contributed by atoms with Crippen LogP contribution in [-0.2, 0) is 13.2 Å². The molecule has 3 aromatic carbocycles. The van der Waals surface area contributed by atoms with Crippen LogP contribution in [-0.4, -0.2) is 24.5 Å². The second kappa shape index (κ2) is 10.5. The highest BCUT2D eigenvalue weighted by Crippen LogP contribution is 2.36. The zero-order valence-corrected chi connectivity index (χ0v) is 20.3. The number of aromatic nitrogens is 1. The molecule has 6 nitrogen and oxygen atoms in total. The van der Waals surface area contributed by atoms with E-state index in [1.807, 2.05) is 37.3 Å². The van der Waals surface area contributed by atoms with E-state index in [1.54, 1.807) is 24.5 Å². The summed E-state index contributed by atoms with van der Waals surface area (Å²) in [6.45, 7) is 5.86. The molecular formula is C30H27NO5. The Balaban J connectivity index is 1.35. The van der Waals surface area contributed by atoms with Crippen molar-refractivity contribution in [1.29, 1.82) is 0 Å². The first-order valence-electron chi connectivity index (χ1n) is 11.8. The zero-order valence-electron chi connectivity index (χ0n) is 20.3. The monoisotopic (exact) mass is 481 g/mol. The molecule has 182 valence electrons. The van der Waals surface area contributed by atoms with Crippen molar-refractivity contribution in [2.24, 2.45) is 0 Å². The highest BCUT2D eigenvalue weighted by atomic mass is 16.6. The molecule has 0 N–H and O–H groups in total. The largest absolute Gasteiger partial charge is 0.488 e. The summed E-state index contributed by atoms with van der Waals surface area (Å²) in [5, 5.41) is 0. The third kappa shape index (κ3) is 5.03. The molecule has 0 aliphatic carbocycles. The molecular weight excluding hydrogens is 454 g/mol.